The first-order chi connectivity index (χ1) is 36.9. The molecular weight excluding hydrogens is 1070 g/mol. The molecule has 0 saturated carbocycles. The van der Waals surface area contributed by atoms with Crippen molar-refractivity contribution in [3.05, 3.63) is 219 Å². The molecule has 0 N–H and O–H groups in total. The van der Waals surface area contributed by atoms with Crippen molar-refractivity contribution in [3.8, 4) is 56.0 Å². The van der Waals surface area contributed by atoms with E-state index in [9.17, 15) is 0 Å². The molecule has 81 heavy (non-hydrogen) atoms. The standard InChI is InChI=1S/C70H76N2O2.ClHO4.Mn.O/c1-37-19-43(7)61(44(8)20-37)55-31-57(69(73)59(33-55)63-47(11)23-39(3)24-48(63)12)35-71-67(65-51(15)27-41(5)28-52(65)16)68(66-53(17)29-42(6)30-54(66)18)72-36-58-32-56(62-45(9)21-38(2)22-46(62)10)34-60(70(58)74)64-49(13)25-40(4)26-50(64)14;2-1(3,4)5;;/h19-36,67-68,73-74H,1-18H3;(H,2,3,4,5);;/q;;;-2/p-3/t67-,68-;;;/m1.../s1. The molecule has 0 saturated heterocycles. The number of nitrogens with zero attached hydrogens (tertiary/aromatic N) is 2. The number of hydrogen-bond acceptors (Lipinski definition) is 8. The Morgan fingerprint density at radius 1 is 0.321 bits per heavy atom. The monoisotopic (exact) mass is 1140 g/mol. The Hall–Kier alpha value is -6.69. The molecule has 0 bridgehead atoms. The zero-order chi connectivity index (χ0) is 58.3. The minimum atomic E-state index is -4.94. The minimum absolute atomic E-state index is 0. The summed E-state index contributed by atoms with van der Waals surface area (Å²) < 4.78 is 34.0. The van der Waals surface area contributed by atoms with Crippen molar-refractivity contribution in [2.75, 3.05) is 0 Å². The van der Waals surface area contributed by atoms with Gasteiger partial charge in [0.1, 0.15) is 12.1 Å². The van der Waals surface area contributed by atoms with Gasteiger partial charge in [0.25, 0.3) is 0 Å². The number of halogens is 1. The second kappa shape index (κ2) is 26.0. The van der Waals surface area contributed by atoms with Crippen LogP contribution in [0.5, 0.6) is 11.5 Å². The Bertz CT molecular complexity index is 3370. The third-order valence-corrected chi connectivity index (χ3v) is 15.2. The van der Waals surface area contributed by atoms with E-state index in [-0.39, 0.29) is 34.0 Å². The Labute approximate surface area is 493 Å². The van der Waals surface area contributed by atoms with Gasteiger partial charge < -0.3 is 15.7 Å². The fraction of sp³-hybridized carbons (Fsp3) is 0.286. The average molecular weight is 1150 g/mol. The van der Waals surface area contributed by atoms with Crippen LogP contribution in [-0.4, -0.2) is 12.4 Å². The van der Waals surface area contributed by atoms with E-state index in [2.05, 4.69) is 210 Å². The fourth-order valence-corrected chi connectivity index (χ4v) is 12.9. The molecule has 0 heterocycles. The fourth-order valence-electron chi connectivity index (χ4n) is 12.9. The Kier molecular flexibility index (Phi) is 20.9. The van der Waals surface area contributed by atoms with E-state index in [1.165, 1.54) is 11.1 Å². The van der Waals surface area contributed by atoms with Gasteiger partial charge in [-0.15, -0.1) is 10.2 Å². The third-order valence-electron chi connectivity index (χ3n) is 15.2. The molecule has 11 heteroatoms. The molecule has 1 radical (unpaired) electrons. The van der Waals surface area contributed by atoms with Gasteiger partial charge >= 0.3 is 0 Å². The Balaban J connectivity index is 0.00000165. The summed E-state index contributed by atoms with van der Waals surface area (Å²) in [5.74, 6) is -0.143. The van der Waals surface area contributed by atoms with Gasteiger partial charge in [-0.05, 0) is 282 Å². The topological polar surface area (TPSA) is 192 Å². The van der Waals surface area contributed by atoms with Crippen LogP contribution >= 0.6 is 0 Å². The average Bonchev–Trinajstić information content (AvgIpc) is 3.50. The van der Waals surface area contributed by atoms with E-state index in [0.29, 0.717) is 22.3 Å². The van der Waals surface area contributed by atoms with Gasteiger partial charge in [-0.3, -0.25) is 9.98 Å². The summed E-state index contributed by atoms with van der Waals surface area (Å²) in [6.07, 6.45) is 3.64. The summed E-state index contributed by atoms with van der Waals surface area (Å²) in [4.78, 5) is 11.3. The van der Waals surface area contributed by atoms with Crippen molar-refractivity contribution >= 4 is 12.4 Å². The maximum absolute atomic E-state index is 15.3. The first-order valence-corrected chi connectivity index (χ1v) is 28.0. The molecule has 8 aromatic carbocycles. The van der Waals surface area contributed by atoms with E-state index in [4.69, 9.17) is 28.6 Å². The molecule has 8 rings (SSSR count). The first kappa shape index (κ1) is 65.1. The minimum Gasteiger partial charge on any atom is -2.00 e. The van der Waals surface area contributed by atoms with Gasteiger partial charge in [0, 0.05) is 29.5 Å². The zero-order valence-electron chi connectivity index (χ0n) is 50.1. The van der Waals surface area contributed by atoms with Crippen LogP contribution in [-0.2, 0) is 22.5 Å². The van der Waals surface area contributed by atoms with Crippen LogP contribution in [0.2, 0.25) is 0 Å². The quantitative estimate of drug-likeness (QED) is 0.0914. The van der Waals surface area contributed by atoms with Crippen LogP contribution in [0.15, 0.2) is 107 Å². The largest absolute Gasteiger partial charge is 2.00 e. The van der Waals surface area contributed by atoms with Gasteiger partial charge in [0.15, 0.2) is 0 Å². The van der Waals surface area contributed by atoms with E-state index in [0.717, 1.165) is 134 Å². The van der Waals surface area contributed by atoms with Crippen LogP contribution in [0.25, 0.3) is 44.5 Å². The van der Waals surface area contributed by atoms with E-state index < -0.39 is 22.3 Å². The van der Waals surface area contributed by atoms with Gasteiger partial charge in [0.05, 0.1) is 0 Å². The number of rotatable bonds is 11. The summed E-state index contributed by atoms with van der Waals surface area (Å²) in [7, 11) is -4.94. The first-order valence-electron chi connectivity index (χ1n) is 26.8. The normalized spacial score (nSPS) is 12.3. The summed E-state index contributed by atoms with van der Waals surface area (Å²) in [5.41, 5.74) is 30.8. The van der Waals surface area contributed by atoms with Crippen molar-refractivity contribution in [1.29, 1.82) is 0 Å². The van der Waals surface area contributed by atoms with Gasteiger partial charge in [-0.1, -0.05) is 118 Å². The van der Waals surface area contributed by atoms with Gasteiger partial charge in [-0.25, -0.2) is 18.6 Å². The molecule has 0 aromatic heterocycles. The van der Waals surface area contributed by atoms with E-state index in [1.807, 2.05) is 24.6 Å². The second-order valence-electron chi connectivity index (χ2n) is 22.4. The molecule has 2 atom stereocenters. The zero-order valence-corrected chi connectivity index (χ0v) is 52.0. The molecule has 8 aromatic rings. The van der Waals surface area contributed by atoms with Crippen LogP contribution in [0.3, 0.4) is 0 Å². The van der Waals surface area contributed by atoms with Gasteiger partial charge in [-0.2, -0.15) is 0 Å². The third kappa shape index (κ3) is 14.7. The molecular formula is C70H74ClMnN2O7-5. The number of benzene rings is 8. The Morgan fingerprint density at radius 3 is 0.741 bits per heavy atom. The summed E-state index contributed by atoms with van der Waals surface area (Å²) in [5, 5.41) is 30.6. The maximum atomic E-state index is 15.3. The summed E-state index contributed by atoms with van der Waals surface area (Å²) in [6, 6.07) is 33.5. The molecule has 0 aliphatic rings. The molecule has 0 unspecified atom stereocenters. The maximum Gasteiger partial charge on any atom is 0.102 e. The smallest absolute Gasteiger partial charge is 0.102 e. The Morgan fingerprint density at radius 2 is 0.519 bits per heavy atom. The molecule has 425 valence electrons. The molecule has 0 fully saturated rings. The predicted molar refractivity (Wildman–Crippen MR) is 313 cm³/mol. The van der Waals surface area contributed by atoms with Crippen molar-refractivity contribution in [2.24, 2.45) is 9.98 Å². The number of hydrogen-bond donors (Lipinski definition) is 0. The van der Waals surface area contributed by atoms with E-state index >= 15 is 10.2 Å². The van der Waals surface area contributed by atoms with Crippen LogP contribution in [0.4, 0.5) is 0 Å². The van der Waals surface area contributed by atoms with Crippen LogP contribution < -0.4 is 28.8 Å². The summed E-state index contributed by atoms with van der Waals surface area (Å²) >= 11 is 0. The molecule has 0 spiro atoms. The second-order valence-corrected chi connectivity index (χ2v) is 23.2. The molecule has 9 nitrogen and oxygen atoms in total. The summed E-state index contributed by atoms with van der Waals surface area (Å²) in [6.45, 7) is 38.4. The molecule has 0 aliphatic heterocycles. The number of aliphatic imine (C=N–C) groups is 2. The van der Waals surface area contributed by atoms with E-state index in [1.54, 1.807) is 0 Å². The molecule has 0 aliphatic carbocycles. The SMILES string of the molecule is Cc1cc(C)c(-c2cc(C=N[C@H](c3c(C)cc(C)cc3C)[C@H](N=Cc3cc(-c4c(C)cc(C)cc4C)cc(-c4c(C)cc(C)cc4C)c3[O-])c3c(C)cc(C)cc3C)c([O-])c(-c3c(C)cc(C)cc3C)c2)c(C)c1.[Mn].[O-2].[O-][Cl+3]([O-])([O-])[O-]. The van der Waals surface area contributed by atoms with Crippen molar-refractivity contribution in [3.63, 3.8) is 0 Å². The predicted octanol–water partition coefficient (Wildman–Crippen LogP) is 12.2. The number of aryl methyl sites for hydroxylation is 18. The van der Waals surface area contributed by atoms with Crippen molar-refractivity contribution in [1.82, 2.24) is 0 Å². The van der Waals surface area contributed by atoms with Crippen molar-refractivity contribution < 1.29 is 61.6 Å². The van der Waals surface area contributed by atoms with Gasteiger partial charge in [0.2, 0.25) is 0 Å². The molecule has 0 amide bonds. The van der Waals surface area contributed by atoms with Crippen molar-refractivity contribution in [2.45, 2.75) is 137 Å². The van der Waals surface area contributed by atoms with Crippen LogP contribution in [0, 0.1) is 135 Å². The van der Waals surface area contributed by atoms with Crippen LogP contribution in [0.1, 0.15) is 134 Å².